The van der Waals surface area contributed by atoms with E-state index in [4.69, 9.17) is 5.11 Å². The molecule has 1 aromatic rings. The molecule has 0 fully saturated rings. The minimum Gasteiger partial charge on any atom is -0.476 e. The zero-order valence-electron chi connectivity index (χ0n) is 7.20. The van der Waals surface area contributed by atoms with E-state index >= 15 is 0 Å². The lowest BCUT2D eigenvalue weighted by Gasteiger charge is -1.99. The molecular weight excluding hydrogens is 211 g/mol. The van der Waals surface area contributed by atoms with Gasteiger partial charge in [0.15, 0.2) is 10.9 Å². The van der Waals surface area contributed by atoms with Gasteiger partial charge in [0.1, 0.15) is 0 Å². The van der Waals surface area contributed by atoms with E-state index in [1.165, 1.54) is 0 Å². The Morgan fingerprint density at radius 2 is 2.36 bits per heavy atom. The van der Waals surface area contributed by atoms with Crippen LogP contribution in [0.15, 0.2) is 9.95 Å². The summed E-state index contributed by atoms with van der Waals surface area (Å²) < 4.78 is 12.9. The van der Waals surface area contributed by atoms with E-state index in [9.17, 15) is 14.0 Å². The molecule has 0 radical (unpaired) electrons. The van der Waals surface area contributed by atoms with Crippen molar-refractivity contribution in [3.05, 3.63) is 21.9 Å². The SMILES string of the molecule is CCSc1nc(C(=O)O)c(F)c(=O)[nH]1. The Kier molecular flexibility index (Phi) is 3.23. The maximum absolute atomic E-state index is 12.9. The third kappa shape index (κ3) is 2.11. The molecule has 5 nitrogen and oxygen atoms in total. The van der Waals surface area contributed by atoms with Gasteiger partial charge in [-0.05, 0) is 5.75 Å². The number of hydrogen-bond donors (Lipinski definition) is 2. The summed E-state index contributed by atoms with van der Waals surface area (Å²) >= 11 is 1.13. The number of hydrogen-bond acceptors (Lipinski definition) is 4. The minimum atomic E-state index is -1.55. The van der Waals surface area contributed by atoms with Crippen LogP contribution in [0.4, 0.5) is 4.39 Å². The van der Waals surface area contributed by atoms with E-state index < -0.39 is 23.0 Å². The number of aromatic carboxylic acids is 1. The lowest BCUT2D eigenvalue weighted by Crippen LogP contribution is -2.19. The normalized spacial score (nSPS) is 10.1. The predicted molar refractivity (Wildman–Crippen MR) is 48.2 cm³/mol. The highest BCUT2D eigenvalue weighted by Crippen LogP contribution is 2.11. The fourth-order valence-electron chi connectivity index (χ4n) is 0.785. The van der Waals surface area contributed by atoms with E-state index in [2.05, 4.69) is 9.97 Å². The van der Waals surface area contributed by atoms with Crippen molar-refractivity contribution in [3.63, 3.8) is 0 Å². The molecule has 1 rings (SSSR count). The zero-order chi connectivity index (χ0) is 10.7. The molecule has 0 spiro atoms. The van der Waals surface area contributed by atoms with Crippen LogP contribution in [0.2, 0.25) is 0 Å². The van der Waals surface area contributed by atoms with Gasteiger partial charge in [-0.3, -0.25) is 9.78 Å². The zero-order valence-corrected chi connectivity index (χ0v) is 8.02. The molecule has 1 heterocycles. The van der Waals surface area contributed by atoms with Gasteiger partial charge < -0.3 is 5.11 Å². The van der Waals surface area contributed by atoms with Crippen LogP contribution in [0.3, 0.4) is 0 Å². The van der Waals surface area contributed by atoms with Crippen LogP contribution in [-0.4, -0.2) is 26.8 Å². The van der Waals surface area contributed by atoms with Crippen molar-refractivity contribution in [1.29, 1.82) is 0 Å². The highest BCUT2D eigenvalue weighted by atomic mass is 32.2. The maximum atomic E-state index is 12.9. The first-order valence-corrected chi connectivity index (χ1v) is 4.70. The van der Waals surface area contributed by atoms with Gasteiger partial charge >= 0.3 is 5.97 Å². The highest BCUT2D eigenvalue weighted by molar-refractivity contribution is 7.99. The monoisotopic (exact) mass is 218 g/mol. The molecule has 0 unspecified atom stereocenters. The summed E-state index contributed by atoms with van der Waals surface area (Å²) in [5.74, 6) is -2.31. The first kappa shape index (κ1) is 10.7. The van der Waals surface area contributed by atoms with E-state index in [-0.39, 0.29) is 5.16 Å². The number of thioether (sulfide) groups is 1. The van der Waals surface area contributed by atoms with Gasteiger partial charge in [-0.1, -0.05) is 18.7 Å². The van der Waals surface area contributed by atoms with Gasteiger partial charge in [0.05, 0.1) is 0 Å². The number of rotatable bonds is 3. The van der Waals surface area contributed by atoms with Crippen molar-refractivity contribution in [2.24, 2.45) is 0 Å². The van der Waals surface area contributed by atoms with Crippen molar-refractivity contribution >= 4 is 17.7 Å². The van der Waals surface area contributed by atoms with Crippen molar-refractivity contribution < 1.29 is 14.3 Å². The standard InChI is InChI=1S/C7H7FN2O3S/c1-2-14-7-9-4(6(12)13)3(8)5(11)10-7/h2H2,1H3,(H,12,13)(H,9,10,11). The Hall–Kier alpha value is -1.37. The molecule has 0 atom stereocenters. The predicted octanol–water partition coefficient (Wildman–Crippen LogP) is 0.719. The van der Waals surface area contributed by atoms with Crippen molar-refractivity contribution in [2.75, 3.05) is 5.75 Å². The van der Waals surface area contributed by atoms with Crippen molar-refractivity contribution in [3.8, 4) is 0 Å². The summed E-state index contributed by atoms with van der Waals surface area (Å²) in [6.07, 6.45) is 0. The van der Waals surface area contributed by atoms with Gasteiger partial charge in [-0.25, -0.2) is 9.78 Å². The van der Waals surface area contributed by atoms with Crippen LogP contribution in [0, 0.1) is 5.82 Å². The highest BCUT2D eigenvalue weighted by Gasteiger charge is 2.17. The molecule has 0 saturated carbocycles. The van der Waals surface area contributed by atoms with E-state index in [1.807, 2.05) is 0 Å². The third-order valence-electron chi connectivity index (χ3n) is 1.32. The summed E-state index contributed by atoms with van der Waals surface area (Å²) in [6, 6.07) is 0. The van der Waals surface area contributed by atoms with Crippen LogP contribution < -0.4 is 5.56 Å². The van der Waals surface area contributed by atoms with Gasteiger partial charge in [0.25, 0.3) is 5.56 Å². The number of carbonyl (C=O) groups is 1. The maximum Gasteiger partial charge on any atom is 0.357 e. The van der Waals surface area contributed by atoms with Crippen LogP contribution >= 0.6 is 11.8 Å². The first-order chi connectivity index (χ1) is 6.56. The quantitative estimate of drug-likeness (QED) is 0.577. The number of carboxylic acid groups (broad SMARTS) is 1. The molecule has 0 aliphatic rings. The van der Waals surface area contributed by atoms with E-state index in [1.54, 1.807) is 6.92 Å². The number of H-pyrrole nitrogens is 1. The lowest BCUT2D eigenvalue weighted by molar-refractivity contribution is 0.0683. The van der Waals surface area contributed by atoms with Crippen LogP contribution in [0.1, 0.15) is 17.4 Å². The van der Waals surface area contributed by atoms with Crippen LogP contribution in [0.5, 0.6) is 0 Å². The second kappa shape index (κ2) is 4.23. The van der Waals surface area contributed by atoms with Crippen molar-refractivity contribution in [1.82, 2.24) is 9.97 Å². The van der Waals surface area contributed by atoms with Gasteiger partial charge in [-0.15, -0.1) is 0 Å². The second-order valence-corrected chi connectivity index (χ2v) is 3.52. The smallest absolute Gasteiger partial charge is 0.357 e. The third-order valence-corrected chi connectivity index (χ3v) is 2.08. The summed E-state index contributed by atoms with van der Waals surface area (Å²) in [7, 11) is 0. The molecule has 0 bridgehead atoms. The Morgan fingerprint density at radius 1 is 1.71 bits per heavy atom. The average Bonchev–Trinajstić information content (AvgIpc) is 2.11. The number of halogens is 1. The fourth-order valence-corrected chi connectivity index (χ4v) is 1.38. The Labute approximate surface area is 82.4 Å². The summed E-state index contributed by atoms with van der Waals surface area (Å²) in [5.41, 5.74) is -1.90. The summed E-state index contributed by atoms with van der Waals surface area (Å²) in [6.45, 7) is 1.80. The Balaban J connectivity index is 3.28. The Morgan fingerprint density at radius 3 is 2.86 bits per heavy atom. The minimum absolute atomic E-state index is 0.108. The number of nitrogens with zero attached hydrogens (tertiary/aromatic N) is 1. The van der Waals surface area contributed by atoms with E-state index in [0.29, 0.717) is 5.75 Å². The number of nitrogens with one attached hydrogen (secondary N) is 1. The van der Waals surface area contributed by atoms with E-state index in [0.717, 1.165) is 11.8 Å². The molecule has 7 heteroatoms. The molecule has 0 aromatic carbocycles. The summed E-state index contributed by atoms with van der Waals surface area (Å²) in [5, 5.41) is 8.63. The van der Waals surface area contributed by atoms with Crippen LogP contribution in [0.25, 0.3) is 0 Å². The molecule has 14 heavy (non-hydrogen) atoms. The molecule has 2 N–H and O–H groups in total. The number of carboxylic acids is 1. The average molecular weight is 218 g/mol. The lowest BCUT2D eigenvalue weighted by atomic mass is 10.4. The molecule has 0 aliphatic carbocycles. The molecule has 0 saturated heterocycles. The van der Waals surface area contributed by atoms with Gasteiger partial charge in [-0.2, -0.15) is 4.39 Å². The first-order valence-electron chi connectivity index (χ1n) is 3.72. The molecule has 1 aromatic heterocycles. The topological polar surface area (TPSA) is 83.0 Å². The second-order valence-electron chi connectivity index (χ2n) is 2.27. The van der Waals surface area contributed by atoms with Gasteiger partial charge in [0.2, 0.25) is 5.82 Å². The number of aromatic nitrogens is 2. The molecular formula is C7H7FN2O3S. The van der Waals surface area contributed by atoms with Crippen molar-refractivity contribution in [2.45, 2.75) is 12.1 Å². The fraction of sp³-hybridized carbons (Fsp3) is 0.286. The molecule has 0 aliphatic heterocycles. The van der Waals surface area contributed by atoms with Gasteiger partial charge in [0, 0.05) is 0 Å². The van der Waals surface area contributed by atoms with Crippen LogP contribution in [-0.2, 0) is 0 Å². The summed E-state index contributed by atoms with van der Waals surface area (Å²) in [4.78, 5) is 26.9. The number of aromatic amines is 1. The Bertz CT molecular complexity index is 418. The largest absolute Gasteiger partial charge is 0.476 e. The molecule has 0 amide bonds. The molecule has 76 valence electrons.